The second-order valence-corrected chi connectivity index (χ2v) is 5.21. The molecule has 3 aromatic heterocycles. The van der Waals surface area contributed by atoms with Crippen LogP contribution in [0.15, 0.2) is 58.1 Å². The summed E-state index contributed by atoms with van der Waals surface area (Å²) in [4.78, 5) is 20.5. The maximum Gasteiger partial charge on any atom is 0.244 e. The molecule has 0 saturated heterocycles. The zero-order valence-corrected chi connectivity index (χ0v) is 12.4. The van der Waals surface area contributed by atoms with Crippen LogP contribution >= 0.6 is 11.3 Å². The Hall–Kier alpha value is -2.73. The molecule has 3 aromatic rings. The topological polar surface area (TPSA) is 68.0 Å². The van der Waals surface area contributed by atoms with Gasteiger partial charge in [-0.3, -0.25) is 14.8 Å². The summed E-state index contributed by atoms with van der Waals surface area (Å²) in [6.07, 6.45) is 7.88. The van der Waals surface area contributed by atoms with Crippen LogP contribution in [0.2, 0.25) is 0 Å². The largest absolute Gasteiger partial charge is 0.465 e. The van der Waals surface area contributed by atoms with Crippen LogP contribution in [0.1, 0.15) is 11.5 Å². The number of hydrogen-bond donors (Lipinski definition) is 1. The Bertz CT molecular complexity index is 765. The van der Waals surface area contributed by atoms with E-state index in [2.05, 4.69) is 15.3 Å². The number of nitrogens with one attached hydrogen (secondary N) is 1. The van der Waals surface area contributed by atoms with E-state index < -0.39 is 0 Å². The van der Waals surface area contributed by atoms with Crippen molar-refractivity contribution in [3.05, 3.63) is 65.1 Å². The lowest BCUT2D eigenvalue weighted by Gasteiger charge is -2.06. The molecule has 3 rings (SSSR count). The van der Waals surface area contributed by atoms with E-state index in [-0.39, 0.29) is 5.91 Å². The van der Waals surface area contributed by atoms with Crippen molar-refractivity contribution in [1.82, 2.24) is 15.3 Å². The Morgan fingerprint density at radius 3 is 3.00 bits per heavy atom. The zero-order valence-electron chi connectivity index (χ0n) is 11.6. The number of amides is 1. The molecule has 0 spiro atoms. The van der Waals surface area contributed by atoms with Crippen LogP contribution in [-0.4, -0.2) is 15.9 Å². The summed E-state index contributed by atoms with van der Waals surface area (Å²) >= 11 is 1.60. The SMILES string of the molecule is O=C(C=Cc1ccco1)NCc1nccnc1-c1ccsc1. The maximum absolute atomic E-state index is 11.8. The molecule has 0 atom stereocenters. The van der Waals surface area contributed by atoms with Gasteiger partial charge in [-0.25, -0.2) is 0 Å². The van der Waals surface area contributed by atoms with Crippen molar-refractivity contribution in [2.75, 3.05) is 0 Å². The van der Waals surface area contributed by atoms with E-state index in [0.29, 0.717) is 12.3 Å². The molecule has 0 radical (unpaired) electrons. The van der Waals surface area contributed by atoms with Gasteiger partial charge in [0.2, 0.25) is 5.91 Å². The summed E-state index contributed by atoms with van der Waals surface area (Å²) in [6, 6.07) is 5.53. The molecule has 0 aliphatic carbocycles. The first-order valence-corrected chi connectivity index (χ1v) is 7.59. The molecule has 1 amide bonds. The number of nitrogens with zero attached hydrogens (tertiary/aromatic N) is 2. The fourth-order valence-corrected chi connectivity index (χ4v) is 2.55. The van der Waals surface area contributed by atoms with Gasteiger partial charge in [-0.1, -0.05) is 0 Å². The number of carbonyl (C=O) groups is 1. The molecular weight excluding hydrogens is 298 g/mol. The molecule has 6 heteroatoms. The third-order valence-corrected chi connectivity index (χ3v) is 3.62. The summed E-state index contributed by atoms with van der Waals surface area (Å²) in [5, 5.41) is 6.79. The van der Waals surface area contributed by atoms with Crippen molar-refractivity contribution in [3.8, 4) is 11.3 Å². The summed E-state index contributed by atoms with van der Waals surface area (Å²) in [7, 11) is 0. The highest BCUT2D eigenvalue weighted by molar-refractivity contribution is 7.08. The molecule has 3 heterocycles. The molecule has 110 valence electrons. The van der Waals surface area contributed by atoms with E-state index in [1.165, 1.54) is 6.08 Å². The first-order valence-electron chi connectivity index (χ1n) is 6.65. The fourth-order valence-electron chi connectivity index (χ4n) is 1.91. The van der Waals surface area contributed by atoms with Crippen LogP contribution in [0.3, 0.4) is 0 Å². The van der Waals surface area contributed by atoms with Gasteiger partial charge in [0.25, 0.3) is 0 Å². The minimum Gasteiger partial charge on any atom is -0.465 e. The van der Waals surface area contributed by atoms with Crippen LogP contribution < -0.4 is 5.32 Å². The standard InChI is InChI=1S/C16H13N3O2S/c20-15(4-3-13-2-1-8-21-13)19-10-14-16(18-7-6-17-14)12-5-9-22-11-12/h1-9,11H,10H2,(H,19,20). The van der Waals surface area contributed by atoms with Crippen LogP contribution in [0.5, 0.6) is 0 Å². The highest BCUT2D eigenvalue weighted by Crippen LogP contribution is 2.22. The van der Waals surface area contributed by atoms with Gasteiger partial charge in [-0.05, 0) is 29.7 Å². The van der Waals surface area contributed by atoms with E-state index in [4.69, 9.17) is 4.42 Å². The van der Waals surface area contributed by atoms with Crippen molar-refractivity contribution in [1.29, 1.82) is 0 Å². The van der Waals surface area contributed by atoms with E-state index in [0.717, 1.165) is 17.0 Å². The summed E-state index contributed by atoms with van der Waals surface area (Å²) in [5.74, 6) is 0.423. The highest BCUT2D eigenvalue weighted by Gasteiger charge is 2.08. The fraction of sp³-hybridized carbons (Fsp3) is 0.0625. The first-order chi connectivity index (χ1) is 10.8. The van der Waals surface area contributed by atoms with Gasteiger partial charge in [0.05, 0.1) is 24.2 Å². The summed E-state index contributed by atoms with van der Waals surface area (Å²) in [5.41, 5.74) is 2.54. The number of aromatic nitrogens is 2. The molecule has 0 unspecified atom stereocenters. The lowest BCUT2D eigenvalue weighted by Crippen LogP contribution is -2.21. The predicted octanol–water partition coefficient (Wildman–Crippen LogP) is 3.13. The number of furan rings is 1. The van der Waals surface area contributed by atoms with Crippen molar-refractivity contribution >= 4 is 23.3 Å². The maximum atomic E-state index is 11.8. The third kappa shape index (κ3) is 3.48. The summed E-state index contributed by atoms with van der Waals surface area (Å²) in [6.45, 7) is 0.320. The third-order valence-electron chi connectivity index (χ3n) is 2.94. The van der Waals surface area contributed by atoms with Crippen molar-refractivity contribution < 1.29 is 9.21 Å². The number of hydrogen-bond acceptors (Lipinski definition) is 5. The number of carbonyl (C=O) groups excluding carboxylic acids is 1. The zero-order chi connectivity index (χ0) is 15.2. The second-order valence-electron chi connectivity index (χ2n) is 4.43. The van der Waals surface area contributed by atoms with Gasteiger partial charge in [-0.2, -0.15) is 11.3 Å². The van der Waals surface area contributed by atoms with Gasteiger partial charge in [-0.15, -0.1) is 0 Å². The van der Waals surface area contributed by atoms with E-state index in [1.807, 2.05) is 16.8 Å². The minimum atomic E-state index is -0.210. The number of rotatable bonds is 5. The molecular formula is C16H13N3O2S. The van der Waals surface area contributed by atoms with Crippen LogP contribution in [0, 0.1) is 0 Å². The Morgan fingerprint density at radius 1 is 1.32 bits per heavy atom. The lowest BCUT2D eigenvalue weighted by atomic mass is 10.2. The predicted molar refractivity (Wildman–Crippen MR) is 84.9 cm³/mol. The molecule has 5 nitrogen and oxygen atoms in total. The Morgan fingerprint density at radius 2 is 2.23 bits per heavy atom. The Balaban J connectivity index is 1.66. The van der Waals surface area contributed by atoms with Gasteiger partial charge >= 0.3 is 0 Å². The van der Waals surface area contributed by atoms with Gasteiger partial charge in [0.15, 0.2) is 0 Å². The van der Waals surface area contributed by atoms with Crippen molar-refractivity contribution in [2.45, 2.75) is 6.54 Å². The second kappa shape index (κ2) is 6.82. The monoisotopic (exact) mass is 311 g/mol. The lowest BCUT2D eigenvalue weighted by molar-refractivity contribution is -0.116. The highest BCUT2D eigenvalue weighted by atomic mass is 32.1. The van der Waals surface area contributed by atoms with Crippen LogP contribution in [-0.2, 0) is 11.3 Å². The molecule has 0 aromatic carbocycles. The average Bonchev–Trinajstić information content (AvgIpc) is 3.24. The van der Waals surface area contributed by atoms with E-state index in [1.54, 1.807) is 48.2 Å². The Kier molecular flexibility index (Phi) is 4.41. The summed E-state index contributed by atoms with van der Waals surface area (Å²) < 4.78 is 5.13. The smallest absolute Gasteiger partial charge is 0.244 e. The first kappa shape index (κ1) is 14.2. The van der Waals surface area contributed by atoms with Gasteiger partial charge in [0, 0.05) is 29.4 Å². The van der Waals surface area contributed by atoms with Gasteiger partial charge in [0.1, 0.15) is 5.76 Å². The molecule has 22 heavy (non-hydrogen) atoms. The van der Waals surface area contributed by atoms with Crippen molar-refractivity contribution in [3.63, 3.8) is 0 Å². The van der Waals surface area contributed by atoms with Gasteiger partial charge < -0.3 is 9.73 Å². The van der Waals surface area contributed by atoms with E-state index in [9.17, 15) is 4.79 Å². The Labute approximate surface area is 131 Å². The van der Waals surface area contributed by atoms with Crippen molar-refractivity contribution in [2.24, 2.45) is 0 Å². The minimum absolute atomic E-state index is 0.210. The molecule has 0 aliphatic heterocycles. The molecule has 0 fully saturated rings. The molecule has 0 aliphatic rings. The normalized spacial score (nSPS) is 10.9. The average molecular weight is 311 g/mol. The van der Waals surface area contributed by atoms with Crippen LogP contribution in [0.4, 0.5) is 0 Å². The molecule has 0 saturated carbocycles. The van der Waals surface area contributed by atoms with Crippen LogP contribution in [0.25, 0.3) is 17.3 Å². The molecule has 1 N–H and O–H groups in total. The molecule has 0 bridgehead atoms. The quantitative estimate of drug-likeness (QED) is 0.735. The number of thiophene rings is 1. The van der Waals surface area contributed by atoms with E-state index >= 15 is 0 Å².